The molecule has 140 valence electrons. The summed E-state index contributed by atoms with van der Waals surface area (Å²) in [6.07, 6.45) is 0. The predicted octanol–water partition coefficient (Wildman–Crippen LogP) is 5.09. The van der Waals surface area contributed by atoms with Crippen molar-refractivity contribution in [1.82, 2.24) is 10.2 Å². The molecule has 2 N–H and O–H groups in total. The molecule has 0 amide bonds. The highest BCUT2D eigenvalue weighted by molar-refractivity contribution is 5.59. The molecule has 0 radical (unpaired) electrons. The Bertz CT molecular complexity index is 1100. The zero-order valence-corrected chi connectivity index (χ0v) is 15.1. The minimum absolute atomic E-state index is 0.0507. The Morgan fingerprint density at radius 1 is 0.964 bits per heavy atom. The maximum Gasteiger partial charge on any atom is 0.247 e. The Morgan fingerprint density at radius 3 is 2.50 bits per heavy atom. The Morgan fingerprint density at radius 2 is 1.71 bits per heavy atom. The van der Waals surface area contributed by atoms with Crippen molar-refractivity contribution in [2.45, 2.75) is 13.0 Å². The molecule has 0 aliphatic heterocycles. The molecule has 0 saturated heterocycles. The van der Waals surface area contributed by atoms with Crippen molar-refractivity contribution in [3.63, 3.8) is 0 Å². The molecule has 1 atom stereocenters. The Hall–Kier alpha value is -3.67. The third-order valence-electron chi connectivity index (χ3n) is 4.38. The van der Waals surface area contributed by atoms with E-state index in [1.54, 1.807) is 36.4 Å². The van der Waals surface area contributed by atoms with Crippen molar-refractivity contribution in [2.24, 2.45) is 0 Å². The van der Waals surface area contributed by atoms with E-state index in [2.05, 4.69) is 15.5 Å². The standard InChI is InChI=1S/C22H18FN3O2/c1-14-11-12-19(27)18(13-14)24-20(16-9-5-6-10-17(16)23)22-26-25-21(28-22)15-7-3-2-4-8-15/h2-13,20,24,27H,1H3. The normalized spacial score (nSPS) is 11.9. The number of aryl methyl sites for hydroxylation is 1. The van der Waals surface area contributed by atoms with Crippen molar-refractivity contribution >= 4 is 5.69 Å². The van der Waals surface area contributed by atoms with Gasteiger partial charge in [0.15, 0.2) is 0 Å². The molecular formula is C22H18FN3O2. The van der Waals surface area contributed by atoms with Gasteiger partial charge in [-0.05, 0) is 42.8 Å². The summed E-state index contributed by atoms with van der Waals surface area (Å²) < 4.78 is 20.4. The Kier molecular flexibility index (Phi) is 4.76. The zero-order chi connectivity index (χ0) is 19.5. The zero-order valence-electron chi connectivity index (χ0n) is 15.1. The van der Waals surface area contributed by atoms with Gasteiger partial charge in [0.1, 0.15) is 17.6 Å². The molecule has 0 aliphatic carbocycles. The number of benzene rings is 3. The lowest BCUT2D eigenvalue weighted by molar-refractivity contribution is 0.470. The largest absolute Gasteiger partial charge is 0.506 e. The van der Waals surface area contributed by atoms with Crippen LogP contribution < -0.4 is 5.32 Å². The van der Waals surface area contributed by atoms with Gasteiger partial charge in [0, 0.05) is 11.1 Å². The van der Waals surface area contributed by atoms with E-state index in [0.29, 0.717) is 17.1 Å². The summed E-state index contributed by atoms with van der Waals surface area (Å²) in [6.45, 7) is 1.91. The van der Waals surface area contributed by atoms with E-state index >= 15 is 0 Å². The molecule has 4 aromatic rings. The molecule has 1 heterocycles. The molecule has 0 spiro atoms. The first-order valence-corrected chi connectivity index (χ1v) is 8.81. The summed E-state index contributed by atoms with van der Waals surface area (Å²) >= 11 is 0. The summed E-state index contributed by atoms with van der Waals surface area (Å²) in [6, 6.07) is 20.1. The van der Waals surface area contributed by atoms with Gasteiger partial charge in [-0.2, -0.15) is 0 Å². The molecule has 0 fully saturated rings. The second-order valence-electron chi connectivity index (χ2n) is 6.43. The average molecular weight is 375 g/mol. The van der Waals surface area contributed by atoms with Crippen molar-refractivity contribution in [1.29, 1.82) is 0 Å². The summed E-state index contributed by atoms with van der Waals surface area (Å²) in [4.78, 5) is 0. The first-order chi connectivity index (χ1) is 13.6. The number of aromatic hydroxyl groups is 1. The van der Waals surface area contributed by atoms with E-state index in [1.165, 1.54) is 6.07 Å². The lowest BCUT2D eigenvalue weighted by atomic mass is 10.1. The monoisotopic (exact) mass is 375 g/mol. The lowest BCUT2D eigenvalue weighted by Crippen LogP contribution is -2.14. The van der Waals surface area contributed by atoms with Crippen LogP contribution in [0, 0.1) is 12.7 Å². The van der Waals surface area contributed by atoms with Crippen LogP contribution in [0.3, 0.4) is 0 Å². The summed E-state index contributed by atoms with van der Waals surface area (Å²) in [5.74, 6) is 0.179. The van der Waals surface area contributed by atoms with Crippen LogP contribution in [0.5, 0.6) is 5.75 Å². The minimum atomic E-state index is -0.765. The van der Waals surface area contributed by atoms with Gasteiger partial charge >= 0.3 is 0 Å². The molecule has 1 unspecified atom stereocenters. The number of halogens is 1. The quantitative estimate of drug-likeness (QED) is 0.475. The third-order valence-corrected chi connectivity index (χ3v) is 4.38. The van der Waals surface area contributed by atoms with Crippen LogP contribution in [0.25, 0.3) is 11.5 Å². The minimum Gasteiger partial charge on any atom is -0.506 e. The number of phenols is 1. The fraction of sp³-hybridized carbons (Fsp3) is 0.0909. The maximum atomic E-state index is 14.5. The van der Waals surface area contributed by atoms with Gasteiger partial charge in [-0.25, -0.2) is 4.39 Å². The van der Waals surface area contributed by atoms with E-state index in [9.17, 15) is 9.50 Å². The smallest absolute Gasteiger partial charge is 0.247 e. The van der Waals surface area contributed by atoms with Crippen LogP contribution in [0.15, 0.2) is 77.2 Å². The van der Waals surface area contributed by atoms with Gasteiger partial charge in [0.2, 0.25) is 11.8 Å². The van der Waals surface area contributed by atoms with E-state index in [0.717, 1.165) is 11.1 Å². The van der Waals surface area contributed by atoms with Crippen LogP contribution >= 0.6 is 0 Å². The molecule has 3 aromatic carbocycles. The first kappa shape index (κ1) is 17.7. The number of hydrogen-bond acceptors (Lipinski definition) is 5. The number of aromatic nitrogens is 2. The Labute approximate surface area is 161 Å². The fourth-order valence-corrected chi connectivity index (χ4v) is 2.95. The van der Waals surface area contributed by atoms with Gasteiger partial charge < -0.3 is 14.8 Å². The molecule has 0 aliphatic rings. The van der Waals surface area contributed by atoms with Crippen LogP contribution in [0.2, 0.25) is 0 Å². The second-order valence-corrected chi connectivity index (χ2v) is 6.43. The highest BCUT2D eigenvalue weighted by Gasteiger charge is 2.25. The van der Waals surface area contributed by atoms with E-state index in [1.807, 2.05) is 37.3 Å². The van der Waals surface area contributed by atoms with Crippen LogP contribution in [0.1, 0.15) is 23.1 Å². The molecular weight excluding hydrogens is 357 g/mol. The SMILES string of the molecule is Cc1ccc(O)c(NC(c2nnc(-c3ccccc3)o2)c2ccccc2F)c1. The van der Waals surface area contributed by atoms with Gasteiger partial charge in [0.05, 0.1) is 5.69 Å². The van der Waals surface area contributed by atoms with Gasteiger partial charge in [-0.3, -0.25) is 0 Å². The number of rotatable bonds is 5. The summed E-state index contributed by atoms with van der Waals surface area (Å²) in [7, 11) is 0. The van der Waals surface area contributed by atoms with Crippen molar-refractivity contribution in [3.05, 3.63) is 95.6 Å². The predicted molar refractivity (Wildman–Crippen MR) is 104 cm³/mol. The van der Waals surface area contributed by atoms with Gasteiger partial charge in [-0.15, -0.1) is 10.2 Å². The maximum absolute atomic E-state index is 14.5. The molecule has 0 bridgehead atoms. The second kappa shape index (κ2) is 7.52. The number of nitrogens with zero attached hydrogens (tertiary/aromatic N) is 2. The van der Waals surface area contributed by atoms with E-state index in [4.69, 9.17) is 4.42 Å². The van der Waals surface area contributed by atoms with E-state index < -0.39 is 11.9 Å². The van der Waals surface area contributed by atoms with E-state index in [-0.39, 0.29) is 11.6 Å². The fourth-order valence-electron chi connectivity index (χ4n) is 2.95. The van der Waals surface area contributed by atoms with Crippen LogP contribution in [0.4, 0.5) is 10.1 Å². The third kappa shape index (κ3) is 3.57. The summed E-state index contributed by atoms with van der Waals surface area (Å²) in [5.41, 5.74) is 2.51. The number of nitrogens with one attached hydrogen (secondary N) is 1. The van der Waals surface area contributed by atoms with Gasteiger partial charge in [-0.1, -0.05) is 42.5 Å². The number of phenolic OH excluding ortho intramolecular Hbond substituents is 1. The van der Waals surface area contributed by atoms with Crippen LogP contribution in [-0.2, 0) is 0 Å². The van der Waals surface area contributed by atoms with Crippen molar-refractivity contribution in [3.8, 4) is 17.2 Å². The van der Waals surface area contributed by atoms with Gasteiger partial charge in [0.25, 0.3) is 0 Å². The average Bonchev–Trinajstić information content (AvgIpc) is 3.20. The van der Waals surface area contributed by atoms with Crippen LogP contribution in [-0.4, -0.2) is 15.3 Å². The molecule has 6 heteroatoms. The highest BCUT2D eigenvalue weighted by Crippen LogP contribution is 2.33. The molecule has 0 saturated carbocycles. The Balaban J connectivity index is 1.77. The lowest BCUT2D eigenvalue weighted by Gasteiger charge is -2.18. The molecule has 4 rings (SSSR count). The highest BCUT2D eigenvalue weighted by atomic mass is 19.1. The van der Waals surface area contributed by atoms with Crippen molar-refractivity contribution < 1.29 is 13.9 Å². The summed E-state index contributed by atoms with van der Waals surface area (Å²) in [5, 5.41) is 21.6. The van der Waals surface area contributed by atoms with Crippen molar-refractivity contribution in [2.75, 3.05) is 5.32 Å². The molecule has 5 nitrogen and oxygen atoms in total. The first-order valence-electron chi connectivity index (χ1n) is 8.81. The number of hydrogen-bond donors (Lipinski definition) is 2. The molecule has 1 aromatic heterocycles. The molecule has 28 heavy (non-hydrogen) atoms. The number of anilines is 1. The topological polar surface area (TPSA) is 71.2 Å².